The molecule has 26 heavy (non-hydrogen) atoms. The van der Waals surface area contributed by atoms with E-state index in [4.69, 9.17) is 4.74 Å². The Morgan fingerprint density at radius 1 is 1.12 bits per heavy atom. The molecule has 4 nitrogen and oxygen atoms in total. The van der Waals surface area contributed by atoms with E-state index in [1.807, 2.05) is 0 Å². The molecule has 0 amide bonds. The van der Waals surface area contributed by atoms with Crippen LogP contribution in [0, 0.1) is 45.8 Å². The van der Waals surface area contributed by atoms with Crippen LogP contribution >= 0.6 is 0 Å². The van der Waals surface area contributed by atoms with Gasteiger partial charge in [-0.25, -0.2) is 0 Å². The Kier molecular flexibility index (Phi) is 4.11. The number of hydrogen-bond acceptors (Lipinski definition) is 4. The van der Waals surface area contributed by atoms with Crippen molar-refractivity contribution in [3.05, 3.63) is 0 Å². The van der Waals surface area contributed by atoms with E-state index < -0.39 is 0 Å². The van der Waals surface area contributed by atoms with Crippen LogP contribution in [0.3, 0.4) is 0 Å². The molecular weight excluding hydrogens is 328 g/mol. The van der Waals surface area contributed by atoms with Gasteiger partial charge in [0.2, 0.25) is 0 Å². The van der Waals surface area contributed by atoms with Crippen LogP contribution in [0.15, 0.2) is 0 Å². The predicted octanol–water partition coefficient (Wildman–Crippen LogP) is 3.40. The number of fused-ring (bicyclic) bond motifs is 5. The van der Waals surface area contributed by atoms with Gasteiger partial charge >= 0.3 is 5.97 Å². The summed E-state index contributed by atoms with van der Waals surface area (Å²) in [5.74, 6) is 1.90. The summed E-state index contributed by atoms with van der Waals surface area (Å²) in [7, 11) is 0. The van der Waals surface area contributed by atoms with Crippen molar-refractivity contribution in [2.75, 3.05) is 6.61 Å². The van der Waals surface area contributed by atoms with E-state index in [9.17, 15) is 15.0 Å². The van der Waals surface area contributed by atoms with Crippen molar-refractivity contribution in [2.45, 2.75) is 78.9 Å². The van der Waals surface area contributed by atoms with Crippen LogP contribution in [0.4, 0.5) is 0 Å². The van der Waals surface area contributed by atoms with Gasteiger partial charge in [0.05, 0.1) is 18.8 Å². The Morgan fingerprint density at radius 2 is 1.81 bits per heavy atom. The van der Waals surface area contributed by atoms with Crippen LogP contribution in [0.5, 0.6) is 0 Å². The van der Waals surface area contributed by atoms with Crippen molar-refractivity contribution in [3.63, 3.8) is 0 Å². The molecule has 4 fully saturated rings. The topological polar surface area (TPSA) is 66.8 Å². The van der Waals surface area contributed by atoms with E-state index in [1.54, 1.807) is 0 Å². The maximum Gasteiger partial charge on any atom is 0.302 e. The van der Waals surface area contributed by atoms with E-state index in [2.05, 4.69) is 27.7 Å². The molecule has 0 aromatic heterocycles. The molecule has 2 N–H and O–H groups in total. The van der Waals surface area contributed by atoms with Crippen LogP contribution in [-0.2, 0) is 9.53 Å². The fourth-order valence-electron chi connectivity index (χ4n) is 7.68. The van der Waals surface area contributed by atoms with Gasteiger partial charge in [0.15, 0.2) is 0 Å². The van der Waals surface area contributed by atoms with Crippen molar-refractivity contribution >= 4 is 5.97 Å². The van der Waals surface area contributed by atoms with E-state index in [0.29, 0.717) is 30.3 Å². The SMILES string of the molecule is CC(=O)OC[C@@]12CC[C@@]3(C)C[C@@H](O)[C@@]4(C)C[C@H]4[C@@H]3[C@H]1[C@@H](C(C)C)[C@@H](O)C2. The highest BCUT2D eigenvalue weighted by atomic mass is 16.5. The Labute approximate surface area is 157 Å². The molecule has 0 spiro atoms. The highest BCUT2D eigenvalue weighted by Crippen LogP contribution is 2.76. The maximum atomic E-state index is 11.6. The standard InChI is InChI=1S/C22H36O4/c1-12(2)17-15(24)9-22(11-26-13(3)23)7-6-20(4)10-16(25)21(5)8-14(21)18(20)19(17)22/h12,14-19,24-25H,6-11H2,1-5H3/t14-,15-,16+,17-,18+,19+,20-,21-,22-/m0/s1. The van der Waals surface area contributed by atoms with E-state index >= 15 is 0 Å². The van der Waals surface area contributed by atoms with Gasteiger partial charge < -0.3 is 14.9 Å². The number of ether oxygens (including phenoxy) is 1. The first kappa shape index (κ1) is 18.7. The minimum atomic E-state index is -0.310. The van der Waals surface area contributed by atoms with E-state index in [-0.39, 0.29) is 40.3 Å². The first-order valence-corrected chi connectivity index (χ1v) is 10.5. The fourth-order valence-corrected chi connectivity index (χ4v) is 7.68. The largest absolute Gasteiger partial charge is 0.465 e. The molecule has 4 rings (SSSR count). The van der Waals surface area contributed by atoms with E-state index in [0.717, 1.165) is 32.1 Å². The summed E-state index contributed by atoms with van der Waals surface area (Å²) in [5.41, 5.74) is 0.113. The van der Waals surface area contributed by atoms with Crippen molar-refractivity contribution in [2.24, 2.45) is 45.8 Å². The van der Waals surface area contributed by atoms with Crippen molar-refractivity contribution < 1.29 is 19.7 Å². The molecular formula is C22H36O4. The van der Waals surface area contributed by atoms with Crippen molar-refractivity contribution in [3.8, 4) is 0 Å². The smallest absolute Gasteiger partial charge is 0.302 e. The third-order valence-electron chi connectivity index (χ3n) is 9.10. The third-order valence-corrected chi connectivity index (χ3v) is 9.10. The molecule has 0 aromatic rings. The number of carbonyl (C=O) groups excluding carboxylic acids is 1. The second-order valence-electron chi connectivity index (χ2n) is 11.0. The minimum absolute atomic E-state index is 0.0593. The highest BCUT2D eigenvalue weighted by molar-refractivity contribution is 5.65. The fraction of sp³-hybridized carbons (Fsp3) is 0.955. The zero-order chi connectivity index (χ0) is 19.1. The molecule has 4 heteroatoms. The van der Waals surface area contributed by atoms with Crippen LogP contribution in [0.25, 0.3) is 0 Å². The van der Waals surface area contributed by atoms with Crippen molar-refractivity contribution in [1.29, 1.82) is 0 Å². The quantitative estimate of drug-likeness (QED) is 0.753. The molecule has 0 saturated heterocycles. The average molecular weight is 365 g/mol. The average Bonchev–Trinajstić information content (AvgIpc) is 3.12. The first-order valence-electron chi connectivity index (χ1n) is 10.5. The molecule has 0 radical (unpaired) electrons. The number of rotatable bonds is 3. The zero-order valence-corrected chi connectivity index (χ0v) is 17.0. The molecule has 0 bridgehead atoms. The highest BCUT2D eigenvalue weighted by Gasteiger charge is 2.73. The van der Waals surface area contributed by atoms with Gasteiger partial charge in [-0.15, -0.1) is 0 Å². The van der Waals surface area contributed by atoms with Gasteiger partial charge in [-0.2, -0.15) is 0 Å². The molecule has 0 heterocycles. The Morgan fingerprint density at radius 3 is 2.42 bits per heavy atom. The lowest BCUT2D eigenvalue weighted by molar-refractivity contribution is -0.160. The summed E-state index contributed by atoms with van der Waals surface area (Å²) < 4.78 is 5.57. The van der Waals surface area contributed by atoms with Gasteiger partial charge in [0.25, 0.3) is 0 Å². The Balaban J connectivity index is 1.75. The van der Waals surface area contributed by atoms with Gasteiger partial charge in [0.1, 0.15) is 0 Å². The normalized spacial score (nSPS) is 55.1. The Hall–Kier alpha value is -0.610. The van der Waals surface area contributed by atoms with Gasteiger partial charge in [0, 0.05) is 12.3 Å². The second-order valence-corrected chi connectivity index (χ2v) is 11.0. The van der Waals surface area contributed by atoms with Gasteiger partial charge in [-0.3, -0.25) is 4.79 Å². The van der Waals surface area contributed by atoms with Crippen molar-refractivity contribution in [1.82, 2.24) is 0 Å². The van der Waals surface area contributed by atoms with Crippen LogP contribution in [0.2, 0.25) is 0 Å². The summed E-state index contributed by atoms with van der Waals surface area (Å²) in [6.45, 7) is 11.0. The molecule has 148 valence electrons. The molecule has 4 aliphatic rings. The summed E-state index contributed by atoms with van der Waals surface area (Å²) in [6, 6.07) is 0. The minimum Gasteiger partial charge on any atom is -0.465 e. The number of aliphatic hydroxyl groups is 2. The summed E-state index contributed by atoms with van der Waals surface area (Å²) in [4.78, 5) is 11.6. The number of esters is 1. The lowest BCUT2D eigenvalue weighted by Gasteiger charge is -2.58. The molecule has 0 unspecified atom stereocenters. The van der Waals surface area contributed by atoms with Gasteiger partial charge in [-0.1, -0.05) is 27.7 Å². The molecule has 4 saturated carbocycles. The third kappa shape index (κ3) is 2.44. The number of hydrogen-bond donors (Lipinski definition) is 2. The monoisotopic (exact) mass is 364 g/mol. The number of aliphatic hydroxyl groups excluding tert-OH is 2. The summed E-state index contributed by atoms with van der Waals surface area (Å²) in [6.07, 6.45) is 4.30. The Bertz CT molecular complexity index is 603. The summed E-state index contributed by atoms with van der Waals surface area (Å²) >= 11 is 0. The van der Waals surface area contributed by atoms with Crippen LogP contribution in [-0.4, -0.2) is 35.0 Å². The maximum absolute atomic E-state index is 11.6. The predicted molar refractivity (Wildman–Crippen MR) is 99.2 cm³/mol. The molecule has 0 aromatic carbocycles. The number of carbonyl (C=O) groups is 1. The second kappa shape index (κ2) is 5.70. The van der Waals surface area contributed by atoms with Gasteiger partial charge in [-0.05, 0) is 72.5 Å². The summed E-state index contributed by atoms with van der Waals surface area (Å²) in [5, 5.41) is 21.8. The lowest BCUT2D eigenvalue weighted by Crippen LogP contribution is -2.55. The molecule has 0 aliphatic heterocycles. The molecule has 4 aliphatic carbocycles. The lowest BCUT2D eigenvalue weighted by atomic mass is 9.47. The van der Waals surface area contributed by atoms with Crippen LogP contribution < -0.4 is 0 Å². The first-order chi connectivity index (χ1) is 12.0. The van der Waals surface area contributed by atoms with Crippen LogP contribution in [0.1, 0.15) is 66.7 Å². The molecule has 9 atom stereocenters. The van der Waals surface area contributed by atoms with E-state index in [1.165, 1.54) is 6.92 Å². The zero-order valence-electron chi connectivity index (χ0n) is 17.0.